The first-order valence-electron chi connectivity index (χ1n) is 8.32. The van der Waals surface area contributed by atoms with Crippen LogP contribution in [0.4, 0.5) is 5.69 Å². The van der Waals surface area contributed by atoms with Crippen molar-refractivity contribution >= 4 is 39.9 Å². The van der Waals surface area contributed by atoms with Gasteiger partial charge in [0.1, 0.15) is 5.75 Å². The molecule has 5 nitrogen and oxygen atoms in total. The van der Waals surface area contributed by atoms with E-state index in [0.29, 0.717) is 22.0 Å². The first-order valence-corrected chi connectivity index (χ1v) is 8.70. The fraction of sp³-hybridized carbons (Fsp3) is 0.143. The van der Waals surface area contributed by atoms with Crippen LogP contribution in [0.25, 0.3) is 10.8 Å². The highest BCUT2D eigenvalue weighted by Crippen LogP contribution is 2.27. The molecule has 6 heteroatoms. The zero-order valence-electron chi connectivity index (χ0n) is 14.9. The molecule has 0 aliphatic heterocycles. The topological polar surface area (TPSA) is 64.6 Å². The molecule has 0 aromatic heterocycles. The van der Waals surface area contributed by atoms with E-state index >= 15 is 0 Å². The average molecular weight is 384 g/mol. The van der Waals surface area contributed by atoms with Gasteiger partial charge in [0.2, 0.25) is 0 Å². The van der Waals surface area contributed by atoms with E-state index in [1.807, 2.05) is 30.3 Å². The quantitative estimate of drug-likeness (QED) is 0.649. The molecule has 0 aliphatic carbocycles. The second-order valence-electron chi connectivity index (χ2n) is 5.91. The Morgan fingerprint density at radius 1 is 1.04 bits per heavy atom. The molecule has 3 rings (SSSR count). The monoisotopic (exact) mass is 383 g/mol. The SMILES string of the molecule is COc1ccc(NC(=O)C(C)OC(=O)c2cccc3ccccc23)cc1Cl. The van der Waals surface area contributed by atoms with Gasteiger partial charge < -0.3 is 14.8 Å². The lowest BCUT2D eigenvalue weighted by atomic mass is 10.0. The molecular formula is C21H18ClNO4. The summed E-state index contributed by atoms with van der Waals surface area (Å²) in [6.45, 7) is 1.52. The van der Waals surface area contributed by atoms with E-state index in [0.717, 1.165) is 10.8 Å². The molecule has 3 aromatic carbocycles. The zero-order valence-corrected chi connectivity index (χ0v) is 15.6. The Hall–Kier alpha value is -3.05. The summed E-state index contributed by atoms with van der Waals surface area (Å²) < 4.78 is 10.4. The van der Waals surface area contributed by atoms with Crippen molar-refractivity contribution in [3.63, 3.8) is 0 Å². The smallest absolute Gasteiger partial charge is 0.339 e. The van der Waals surface area contributed by atoms with Gasteiger partial charge in [-0.15, -0.1) is 0 Å². The first-order chi connectivity index (χ1) is 13.0. The van der Waals surface area contributed by atoms with Crippen molar-refractivity contribution in [2.24, 2.45) is 0 Å². The summed E-state index contributed by atoms with van der Waals surface area (Å²) in [7, 11) is 1.51. The van der Waals surface area contributed by atoms with E-state index in [-0.39, 0.29) is 0 Å². The molecule has 0 saturated heterocycles. The fourth-order valence-electron chi connectivity index (χ4n) is 2.67. The number of amides is 1. The van der Waals surface area contributed by atoms with Gasteiger partial charge in [-0.25, -0.2) is 4.79 Å². The number of ether oxygens (including phenoxy) is 2. The van der Waals surface area contributed by atoms with Crippen LogP contribution in [0.3, 0.4) is 0 Å². The van der Waals surface area contributed by atoms with E-state index in [4.69, 9.17) is 21.1 Å². The average Bonchev–Trinajstić information content (AvgIpc) is 2.67. The van der Waals surface area contributed by atoms with E-state index in [9.17, 15) is 9.59 Å². The number of rotatable bonds is 5. The molecule has 1 unspecified atom stereocenters. The molecule has 1 N–H and O–H groups in total. The molecule has 0 saturated carbocycles. The van der Waals surface area contributed by atoms with E-state index in [1.54, 1.807) is 30.3 Å². The molecule has 1 amide bonds. The molecule has 0 heterocycles. The predicted molar refractivity (Wildman–Crippen MR) is 105 cm³/mol. The predicted octanol–water partition coefficient (Wildman–Crippen LogP) is 4.69. The number of esters is 1. The van der Waals surface area contributed by atoms with E-state index in [2.05, 4.69) is 5.32 Å². The van der Waals surface area contributed by atoms with E-state index < -0.39 is 18.0 Å². The number of anilines is 1. The molecule has 0 fully saturated rings. The van der Waals surface area contributed by atoms with Crippen LogP contribution in [-0.4, -0.2) is 25.1 Å². The Morgan fingerprint density at radius 3 is 2.52 bits per heavy atom. The zero-order chi connectivity index (χ0) is 19.4. The third kappa shape index (κ3) is 4.20. The van der Waals surface area contributed by atoms with Crippen LogP contribution >= 0.6 is 11.6 Å². The van der Waals surface area contributed by atoms with Gasteiger partial charge >= 0.3 is 5.97 Å². The number of fused-ring (bicyclic) bond motifs is 1. The van der Waals surface area contributed by atoms with Gasteiger partial charge in [0, 0.05) is 5.69 Å². The minimum Gasteiger partial charge on any atom is -0.495 e. The Labute approximate surface area is 161 Å². The molecule has 0 spiro atoms. The van der Waals surface area contributed by atoms with Crippen LogP contribution in [0, 0.1) is 0 Å². The maximum atomic E-state index is 12.5. The Kier molecular flexibility index (Phi) is 5.62. The number of nitrogens with one attached hydrogen (secondary N) is 1. The number of methoxy groups -OCH3 is 1. The lowest BCUT2D eigenvalue weighted by molar-refractivity contribution is -0.123. The van der Waals surface area contributed by atoms with Crippen molar-refractivity contribution in [3.8, 4) is 5.75 Å². The molecule has 0 aliphatic rings. The number of hydrogen-bond donors (Lipinski definition) is 1. The Bertz CT molecular complexity index is 997. The maximum absolute atomic E-state index is 12.5. The van der Waals surface area contributed by atoms with Crippen LogP contribution in [0.15, 0.2) is 60.7 Å². The first kappa shape index (κ1) is 18.7. The van der Waals surface area contributed by atoms with Gasteiger partial charge in [0.15, 0.2) is 6.10 Å². The molecule has 1 atom stereocenters. The van der Waals surface area contributed by atoms with Crippen LogP contribution < -0.4 is 10.1 Å². The van der Waals surface area contributed by atoms with Crippen molar-refractivity contribution in [2.45, 2.75) is 13.0 Å². The van der Waals surface area contributed by atoms with Gasteiger partial charge in [-0.05, 0) is 42.0 Å². The molecule has 0 radical (unpaired) electrons. The molecule has 27 heavy (non-hydrogen) atoms. The highest BCUT2D eigenvalue weighted by atomic mass is 35.5. The molecular weight excluding hydrogens is 366 g/mol. The third-order valence-electron chi connectivity index (χ3n) is 4.08. The summed E-state index contributed by atoms with van der Waals surface area (Å²) in [5.41, 5.74) is 0.902. The summed E-state index contributed by atoms with van der Waals surface area (Å²) in [6.07, 6.45) is -0.975. The Balaban J connectivity index is 1.70. The number of carbonyl (C=O) groups is 2. The summed E-state index contributed by atoms with van der Waals surface area (Å²) in [4.78, 5) is 24.9. The van der Waals surface area contributed by atoms with Gasteiger partial charge in [-0.3, -0.25) is 4.79 Å². The van der Waals surface area contributed by atoms with Crippen molar-refractivity contribution in [1.82, 2.24) is 0 Å². The second kappa shape index (κ2) is 8.10. The van der Waals surface area contributed by atoms with Crippen molar-refractivity contribution in [2.75, 3.05) is 12.4 Å². The number of hydrogen-bond acceptors (Lipinski definition) is 4. The fourth-order valence-corrected chi connectivity index (χ4v) is 2.93. The summed E-state index contributed by atoms with van der Waals surface area (Å²) in [6, 6.07) is 17.7. The minimum absolute atomic E-state index is 0.371. The third-order valence-corrected chi connectivity index (χ3v) is 4.38. The minimum atomic E-state index is -0.975. The standard InChI is InChI=1S/C21H18ClNO4/c1-13(20(24)23-15-10-11-19(26-2)18(22)12-15)27-21(25)17-9-5-7-14-6-3-4-8-16(14)17/h3-13H,1-2H3,(H,23,24). The second-order valence-corrected chi connectivity index (χ2v) is 6.32. The number of halogens is 1. The summed E-state index contributed by atoms with van der Waals surface area (Å²) in [5, 5.41) is 4.75. The highest BCUT2D eigenvalue weighted by molar-refractivity contribution is 6.32. The lowest BCUT2D eigenvalue weighted by Crippen LogP contribution is -2.30. The van der Waals surface area contributed by atoms with E-state index in [1.165, 1.54) is 14.0 Å². The normalized spacial score (nSPS) is 11.7. The van der Waals surface area contributed by atoms with Crippen LogP contribution in [0.2, 0.25) is 5.02 Å². The Morgan fingerprint density at radius 2 is 1.78 bits per heavy atom. The van der Waals surface area contributed by atoms with Crippen molar-refractivity contribution in [3.05, 3.63) is 71.2 Å². The summed E-state index contributed by atoms with van der Waals surface area (Å²) in [5.74, 6) is -0.503. The van der Waals surface area contributed by atoms with Crippen molar-refractivity contribution in [1.29, 1.82) is 0 Å². The lowest BCUT2D eigenvalue weighted by Gasteiger charge is -2.15. The molecule has 3 aromatic rings. The van der Waals surface area contributed by atoms with Gasteiger partial charge in [-0.1, -0.05) is 48.0 Å². The molecule has 138 valence electrons. The largest absolute Gasteiger partial charge is 0.495 e. The number of benzene rings is 3. The van der Waals surface area contributed by atoms with Gasteiger partial charge in [-0.2, -0.15) is 0 Å². The van der Waals surface area contributed by atoms with Gasteiger partial charge in [0.05, 0.1) is 17.7 Å². The van der Waals surface area contributed by atoms with Crippen molar-refractivity contribution < 1.29 is 19.1 Å². The van der Waals surface area contributed by atoms with Crippen LogP contribution in [-0.2, 0) is 9.53 Å². The summed E-state index contributed by atoms with van der Waals surface area (Å²) >= 11 is 6.05. The number of carbonyl (C=O) groups excluding carboxylic acids is 2. The van der Waals surface area contributed by atoms with Gasteiger partial charge in [0.25, 0.3) is 5.91 Å². The van der Waals surface area contributed by atoms with Crippen LogP contribution in [0.5, 0.6) is 5.75 Å². The molecule has 0 bridgehead atoms. The highest BCUT2D eigenvalue weighted by Gasteiger charge is 2.20. The van der Waals surface area contributed by atoms with Crippen LogP contribution in [0.1, 0.15) is 17.3 Å². The maximum Gasteiger partial charge on any atom is 0.339 e.